The van der Waals surface area contributed by atoms with Gasteiger partial charge in [-0.1, -0.05) is 61.9 Å². The average molecular weight is 455 g/mol. The maximum Gasteiger partial charge on any atom is 0.444 e. The second-order valence-corrected chi connectivity index (χ2v) is 9.22. The van der Waals surface area contributed by atoms with Gasteiger partial charge in [0.2, 0.25) is 6.54 Å². The van der Waals surface area contributed by atoms with Crippen molar-refractivity contribution >= 4 is 7.60 Å². The first-order valence-electron chi connectivity index (χ1n) is 10.4. The second-order valence-electron chi connectivity index (χ2n) is 7.15. The Balaban J connectivity index is 1.96. The molecular weight excluding hydrogens is 429 g/mol. The van der Waals surface area contributed by atoms with Crippen LogP contribution in [0.25, 0.3) is 0 Å². The predicted molar refractivity (Wildman–Crippen MR) is 123 cm³/mol. The molecule has 3 aromatic carbocycles. The van der Waals surface area contributed by atoms with Crippen molar-refractivity contribution in [3.8, 4) is 17.2 Å². The summed E-state index contributed by atoms with van der Waals surface area (Å²) < 4.78 is 31.4. The van der Waals surface area contributed by atoms with E-state index in [4.69, 9.17) is 13.8 Å². The zero-order chi connectivity index (χ0) is 22.8. The van der Waals surface area contributed by atoms with Gasteiger partial charge in [0.05, 0.1) is 6.61 Å². The number of rotatable bonds is 12. The van der Waals surface area contributed by atoms with Crippen molar-refractivity contribution in [3.63, 3.8) is 0 Å². The average Bonchev–Trinajstić information content (AvgIpc) is 2.79. The highest BCUT2D eigenvalue weighted by molar-refractivity contribution is 7.55. The monoisotopic (exact) mass is 455 g/mol. The number of nitrogens with zero attached hydrogens (tertiary/aromatic N) is 1. The summed E-state index contributed by atoms with van der Waals surface area (Å²) in [6.07, 6.45) is 1.94. The van der Waals surface area contributed by atoms with Crippen LogP contribution >= 0.6 is 7.60 Å². The van der Waals surface area contributed by atoms with E-state index in [9.17, 15) is 14.7 Å². The fourth-order valence-electron chi connectivity index (χ4n) is 3.05. The third-order valence-corrected chi connectivity index (χ3v) is 6.84. The van der Waals surface area contributed by atoms with Crippen LogP contribution in [0.15, 0.2) is 84.9 Å². The first-order valence-corrected chi connectivity index (χ1v) is 12.0. The summed E-state index contributed by atoms with van der Waals surface area (Å²) >= 11 is 0. The summed E-state index contributed by atoms with van der Waals surface area (Å²) in [6.45, 7) is 2.04. The van der Waals surface area contributed by atoms with Gasteiger partial charge in [-0.3, -0.25) is 10.1 Å². The summed E-state index contributed by atoms with van der Waals surface area (Å²) in [5.74, 6) is 1.25. The van der Waals surface area contributed by atoms with Gasteiger partial charge in [0.15, 0.2) is 5.66 Å². The van der Waals surface area contributed by atoms with Crippen LogP contribution in [0.2, 0.25) is 0 Å². The van der Waals surface area contributed by atoms with Crippen molar-refractivity contribution in [3.05, 3.63) is 101 Å². The molecule has 0 saturated heterocycles. The van der Waals surface area contributed by atoms with E-state index in [1.54, 1.807) is 84.9 Å². The molecule has 0 aliphatic carbocycles. The maximum atomic E-state index is 14.1. The molecular formula is C24H26NO6P. The highest BCUT2D eigenvalue weighted by atomic mass is 31.2. The molecule has 0 radical (unpaired) electrons. The quantitative estimate of drug-likeness (QED) is 0.133. The van der Waals surface area contributed by atoms with Crippen LogP contribution in [0.5, 0.6) is 17.2 Å². The van der Waals surface area contributed by atoms with Crippen LogP contribution in [0.3, 0.4) is 0 Å². The van der Waals surface area contributed by atoms with Gasteiger partial charge in [0.25, 0.3) is 0 Å². The topological polar surface area (TPSA) is 87.9 Å². The Bertz CT molecular complexity index is 982. The van der Waals surface area contributed by atoms with Gasteiger partial charge in [-0.05, 0) is 48.4 Å². The molecule has 8 heteroatoms. The number of para-hydroxylation sites is 2. The summed E-state index contributed by atoms with van der Waals surface area (Å²) in [6, 6.07) is 23.8. The van der Waals surface area contributed by atoms with Crippen LogP contribution < -0.4 is 13.8 Å². The SMILES string of the molecule is CCCCOc1ccc([C@@H](C[N+](=O)[O-])P(=O)(Oc2ccccc2)Oc2ccccc2)cc1. The van der Waals surface area contributed by atoms with Crippen molar-refractivity contribution in [2.75, 3.05) is 13.2 Å². The highest BCUT2D eigenvalue weighted by Gasteiger charge is 2.44. The molecule has 0 unspecified atom stereocenters. The minimum Gasteiger partial charge on any atom is -0.494 e. The van der Waals surface area contributed by atoms with E-state index in [0.29, 0.717) is 29.4 Å². The molecule has 0 aromatic heterocycles. The Morgan fingerprint density at radius 3 is 1.84 bits per heavy atom. The van der Waals surface area contributed by atoms with E-state index in [0.717, 1.165) is 12.8 Å². The fraction of sp³-hybridized carbons (Fsp3) is 0.250. The van der Waals surface area contributed by atoms with Crippen LogP contribution in [-0.2, 0) is 4.57 Å². The largest absolute Gasteiger partial charge is 0.494 e. The maximum absolute atomic E-state index is 14.1. The Labute approximate surface area is 187 Å². The van der Waals surface area contributed by atoms with Crippen molar-refractivity contribution in [2.45, 2.75) is 25.4 Å². The molecule has 0 aliphatic heterocycles. The minimum atomic E-state index is -4.07. The Morgan fingerprint density at radius 2 is 1.38 bits per heavy atom. The summed E-state index contributed by atoms with van der Waals surface area (Å²) in [7, 11) is -4.07. The van der Waals surface area contributed by atoms with E-state index in [2.05, 4.69) is 6.92 Å². The van der Waals surface area contributed by atoms with Gasteiger partial charge in [0, 0.05) is 4.92 Å². The number of hydrogen-bond acceptors (Lipinski definition) is 6. The first-order chi connectivity index (χ1) is 15.5. The number of benzene rings is 3. The number of unbranched alkanes of at least 4 members (excludes halogenated alkanes) is 1. The first kappa shape index (κ1) is 23.4. The third kappa shape index (κ3) is 6.59. The number of nitro groups is 1. The lowest BCUT2D eigenvalue weighted by molar-refractivity contribution is -0.480. The number of hydrogen-bond donors (Lipinski definition) is 0. The molecule has 3 rings (SSSR count). The van der Waals surface area contributed by atoms with Gasteiger partial charge < -0.3 is 13.8 Å². The standard InChI is InChI=1S/C24H26NO6P/c1-2-3-18-29-21-16-14-20(15-17-21)24(19-25(26)27)32(28,30-22-10-6-4-7-11-22)31-23-12-8-5-9-13-23/h4-17,24H,2-3,18-19H2,1H3/t24-/m1/s1. The highest BCUT2D eigenvalue weighted by Crippen LogP contribution is 2.60. The van der Waals surface area contributed by atoms with Gasteiger partial charge in [-0.2, -0.15) is 0 Å². The molecule has 3 aromatic rings. The van der Waals surface area contributed by atoms with Gasteiger partial charge in [-0.25, -0.2) is 4.57 Å². The normalized spacial score (nSPS) is 12.0. The zero-order valence-corrected chi connectivity index (χ0v) is 18.7. The molecule has 7 nitrogen and oxygen atoms in total. The predicted octanol–water partition coefficient (Wildman–Crippen LogP) is 6.53. The third-order valence-electron chi connectivity index (χ3n) is 4.69. The Morgan fingerprint density at radius 1 is 0.844 bits per heavy atom. The molecule has 168 valence electrons. The minimum absolute atomic E-state index is 0.305. The Kier molecular flexibility index (Phi) is 8.28. The lowest BCUT2D eigenvalue weighted by Gasteiger charge is -2.26. The Hall–Kier alpha value is -3.31. The number of ether oxygens (including phenoxy) is 1. The van der Waals surface area contributed by atoms with Crippen LogP contribution in [-0.4, -0.2) is 18.1 Å². The fourth-order valence-corrected chi connectivity index (χ4v) is 5.05. The zero-order valence-electron chi connectivity index (χ0n) is 17.8. The van der Waals surface area contributed by atoms with Gasteiger partial charge >= 0.3 is 7.60 Å². The molecule has 0 fully saturated rings. The molecule has 1 atom stereocenters. The summed E-state index contributed by atoms with van der Waals surface area (Å²) in [4.78, 5) is 11.0. The molecule has 0 heterocycles. The van der Waals surface area contributed by atoms with E-state index < -0.39 is 24.7 Å². The van der Waals surface area contributed by atoms with E-state index in [-0.39, 0.29) is 0 Å². The molecule has 0 amide bonds. The lowest BCUT2D eigenvalue weighted by atomic mass is 10.1. The van der Waals surface area contributed by atoms with Crippen LogP contribution in [0.1, 0.15) is 31.0 Å². The van der Waals surface area contributed by atoms with Crippen molar-refractivity contribution in [2.24, 2.45) is 0 Å². The lowest BCUT2D eigenvalue weighted by Crippen LogP contribution is -2.18. The van der Waals surface area contributed by atoms with Crippen molar-refractivity contribution < 1.29 is 23.3 Å². The molecule has 0 aliphatic rings. The summed E-state index contributed by atoms with van der Waals surface area (Å²) in [5.41, 5.74) is -0.651. The van der Waals surface area contributed by atoms with Gasteiger partial charge in [0.1, 0.15) is 17.2 Å². The van der Waals surface area contributed by atoms with E-state index >= 15 is 0 Å². The smallest absolute Gasteiger partial charge is 0.444 e. The molecule has 0 saturated carbocycles. The van der Waals surface area contributed by atoms with Crippen LogP contribution in [0.4, 0.5) is 0 Å². The van der Waals surface area contributed by atoms with E-state index in [1.165, 1.54) is 0 Å². The summed E-state index contributed by atoms with van der Waals surface area (Å²) in [5, 5.41) is 11.5. The second kappa shape index (κ2) is 11.3. The van der Waals surface area contributed by atoms with E-state index in [1.807, 2.05) is 0 Å². The molecule has 0 bridgehead atoms. The van der Waals surface area contributed by atoms with Crippen molar-refractivity contribution in [1.82, 2.24) is 0 Å². The molecule has 0 N–H and O–H groups in total. The van der Waals surface area contributed by atoms with Crippen molar-refractivity contribution in [1.29, 1.82) is 0 Å². The van der Waals surface area contributed by atoms with Crippen LogP contribution in [0, 0.1) is 10.1 Å². The molecule has 32 heavy (non-hydrogen) atoms. The van der Waals surface area contributed by atoms with Gasteiger partial charge in [-0.15, -0.1) is 0 Å². The molecule has 0 spiro atoms.